The first-order chi connectivity index (χ1) is 8.84. The smallest absolute Gasteiger partial charge is 0.0843 e. The molecule has 0 radical (unpaired) electrons. The van der Waals surface area contributed by atoms with Gasteiger partial charge in [-0.15, -0.1) is 0 Å². The van der Waals surface area contributed by atoms with Crippen LogP contribution in [-0.4, -0.2) is 6.54 Å². The summed E-state index contributed by atoms with van der Waals surface area (Å²) in [4.78, 5) is 4.29. The lowest BCUT2D eigenvalue weighted by Crippen LogP contribution is -1.86. The maximum Gasteiger partial charge on any atom is 0.311 e. The van der Waals surface area contributed by atoms with Gasteiger partial charge in [-0.1, -0.05) is 46.8 Å². The minimum absolute atomic E-state index is 0.740. The van der Waals surface area contributed by atoms with Crippen molar-refractivity contribution in [1.82, 2.24) is 0 Å². The van der Waals surface area contributed by atoms with Gasteiger partial charge in [0.1, 0.15) is 5.56 Å². The Bertz CT molecular complexity index is 535. The maximum absolute atomic E-state index is 5.80. The number of hydrogen-bond donors (Lipinski definition) is 0. The van der Waals surface area contributed by atoms with Crippen LogP contribution < -0.4 is 0 Å². The third-order valence-electron chi connectivity index (χ3n) is 2.63. The lowest BCUT2D eigenvalue weighted by atomic mass is 10.1. The summed E-state index contributed by atoms with van der Waals surface area (Å²) in [5, 5.41) is 0.740. The van der Waals surface area contributed by atoms with E-state index in [1.165, 1.54) is 5.56 Å². The Morgan fingerprint density at radius 2 is 1.67 bits per heavy atom. The number of hydrogen-bond acceptors (Lipinski definition) is 0. The molecule has 0 aromatic heterocycles. The number of rotatable bonds is 3. The predicted octanol–water partition coefficient (Wildman–Crippen LogP) is 4.65. The molecular formula is C16H15ClN+. The van der Waals surface area contributed by atoms with Crippen molar-refractivity contribution in [2.75, 3.05) is 6.54 Å². The summed E-state index contributed by atoms with van der Waals surface area (Å²) in [6.07, 6.45) is 2.11. The topological polar surface area (TPSA) is 4.36 Å². The molecule has 0 amide bonds. The second-order valence-corrected chi connectivity index (χ2v) is 4.53. The van der Waals surface area contributed by atoms with E-state index in [0.29, 0.717) is 0 Å². The molecule has 1 nitrogen and oxygen atoms in total. The third kappa shape index (κ3) is 4.24. The molecule has 0 N–H and O–H groups in total. The molecule has 0 heterocycles. The van der Waals surface area contributed by atoms with Crippen LogP contribution in [0.4, 0.5) is 0 Å². The van der Waals surface area contributed by atoms with E-state index in [0.717, 1.165) is 30.0 Å². The first kappa shape index (κ1) is 12.7. The molecule has 0 saturated carbocycles. The monoisotopic (exact) mass is 256 g/mol. The lowest BCUT2D eigenvalue weighted by molar-refractivity contribution is 0.892. The zero-order valence-electron chi connectivity index (χ0n) is 10.1. The molecule has 90 valence electrons. The summed E-state index contributed by atoms with van der Waals surface area (Å²) in [5.74, 6) is 0. The molecule has 2 aromatic rings. The molecule has 0 aliphatic carbocycles. The molecule has 0 unspecified atom stereocenters. The van der Waals surface area contributed by atoms with Crippen molar-refractivity contribution in [3.05, 3.63) is 75.6 Å². The highest BCUT2D eigenvalue weighted by atomic mass is 35.5. The highest BCUT2D eigenvalue weighted by Crippen LogP contribution is 2.08. The van der Waals surface area contributed by atoms with Crippen LogP contribution in [0.15, 0.2) is 54.6 Å². The first-order valence-electron chi connectivity index (χ1n) is 6.06. The van der Waals surface area contributed by atoms with Crippen molar-refractivity contribution in [2.24, 2.45) is 0 Å². The number of nitrogens with zero attached hydrogens (tertiary/aromatic N) is 1. The highest BCUT2D eigenvalue weighted by molar-refractivity contribution is 6.30. The second kappa shape index (κ2) is 6.83. The number of aryl methyl sites for hydroxylation is 1. The molecule has 0 aliphatic heterocycles. The largest absolute Gasteiger partial charge is 0.311 e. The van der Waals surface area contributed by atoms with Crippen molar-refractivity contribution in [1.29, 1.82) is 0 Å². The van der Waals surface area contributed by atoms with Gasteiger partial charge in [0.15, 0.2) is 0 Å². The molecular weight excluding hydrogens is 242 g/mol. The Labute approximate surface area is 113 Å². The zero-order valence-corrected chi connectivity index (χ0v) is 10.9. The van der Waals surface area contributed by atoms with Crippen molar-refractivity contribution in [3.8, 4) is 6.07 Å². The summed E-state index contributed by atoms with van der Waals surface area (Å²) >= 11 is 5.80. The van der Waals surface area contributed by atoms with Crippen LogP contribution in [0.5, 0.6) is 0 Å². The van der Waals surface area contributed by atoms with Gasteiger partial charge in [-0.25, -0.2) is 0 Å². The molecule has 0 aliphatic rings. The van der Waals surface area contributed by atoms with Crippen LogP contribution in [0.1, 0.15) is 17.5 Å². The molecule has 2 aromatic carbocycles. The van der Waals surface area contributed by atoms with E-state index in [4.69, 9.17) is 11.6 Å². The van der Waals surface area contributed by atoms with Gasteiger partial charge in [0.05, 0.1) is 0 Å². The number of halogens is 1. The Hall–Kier alpha value is -1.78. The van der Waals surface area contributed by atoms with Crippen molar-refractivity contribution < 1.29 is 0 Å². The lowest BCUT2D eigenvalue weighted by Gasteiger charge is -1.93. The van der Waals surface area contributed by atoms with Gasteiger partial charge in [0, 0.05) is 11.4 Å². The fourth-order valence-electron chi connectivity index (χ4n) is 1.68. The SMILES string of the molecule is Clc1ccc(C#[N+]CCCc2ccccc2)cc1. The van der Waals surface area contributed by atoms with Crippen LogP contribution in [0.25, 0.3) is 4.85 Å². The molecule has 0 saturated heterocycles. The average Bonchev–Trinajstić information content (AvgIpc) is 2.42. The van der Waals surface area contributed by atoms with Crippen LogP contribution in [0, 0.1) is 6.07 Å². The predicted molar refractivity (Wildman–Crippen MR) is 77.4 cm³/mol. The summed E-state index contributed by atoms with van der Waals surface area (Å²) in [7, 11) is 0. The van der Waals surface area contributed by atoms with E-state index in [1.54, 1.807) is 0 Å². The van der Waals surface area contributed by atoms with Gasteiger partial charge in [0.25, 0.3) is 6.54 Å². The Balaban J connectivity index is 1.77. The van der Waals surface area contributed by atoms with E-state index >= 15 is 0 Å². The normalized spacial score (nSPS) is 9.61. The molecule has 18 heavy (non-hydrogen) atoms. The van der Waals surface area contributed by atoms with Gasteiger partial charge in [-0.05, 0) is 36.2 Å². The molecule has 2 rings (SSSR count). The molecule has 0 bridgehead atoms. The van der Waals surface area contributed by atoms with Gasteiger partial charge >= 0.3 is 6.07 Å². The Morgan fingerprint density at radius 1 is 0.944 bits per heavy atom. The van der Waals surface area contributed by atoms with Crippen LogP contribution in [0.3, 0.4) is 0 Å². The quantitative estimate of drug-likeness (QED) is 0.704. The van der Waals surface area contributed by atoms with Crippen molar-refractivity contribution in [3.63, 3.8) is 0 Å². The fraction of sp³-hybridized carbons (Fsp3) is 0.188. The van der Waals surface area contributed by atoms with Gasteiger partial charge in [-0.3, -0.25) is 0 Å². The van der Waals surface area contributed by atoms with Gasteiger partial charge in [-0.2, -0.15) is 0 Å². The number of benzene rings is 2. The van der Waals surface area contributed by atoms with E-state index < -0.39 is 0 Å². The van der Waals surface area contributed by atoms with E-state index in [1.807, 2.05) is 30.3 Å². The summed E-state index contributed by atoms with van der Waals surface area (Å²) < 4.78 is 0. The van der Waals surface area contributed by atoms with Crippen LogP contribution >= 0.6 is 11.6 Å². The van der Waals surface area contributed by atoms with E-state index in [2.05, 4.69) is 35.2 Å². The summed E-state index contributed by atoms with van der Waals surface area (Å²) in [6, 6.07) is 21.0. The summed E-state index contributed by atoms with van der Waals surface area (Å²) in [6.45, 7) is 0.803. The molecule has 0 atom stereocenters. The highest BCUT2D eigenvalue weighted by Gasteiger charge is 1.97. The average molecular weight is 257 g/mol. The maximum atomic E-state index is 5.80. The van der Waals surface area contributed by atoms with Crippen molar-refractivity contribution in [2.45, 2.75) is 12.8 Å². The van der Waals surface area contributed by atoms with Crippen LogP contribution in [0.2, 0.25) is 5.02 Å². The van der Waals surface area contributed by atoms with Gasteiger partial charge in [0.2, 0.25) is 0 Å². The van der Waals surface area contributed by atoms with Crippen LogP contribution in [-0.2, 0) is 6.42 Å². The van der Waals surface area contributed by atoms with E-state index in [9.17, 15) is 0 Å². The second-order valence-electron chi connectivity index (χ2n) is 4.09. The first-order valence-corrected chi connectivity index (χ1v) is 6.44. The van der Waals surface area contributed by atoms with E-state index in [-0.39, 0.29) is 0 Å². The molecule has 0 spiro atoms. The Morgan fingerprint density at radius 3 is 2.39 bits per heavy atom. The molecule has 2 heteroatoms. The standard InChI is InChI=1S/C16H15ClN/c17-16-10-8-15(9-11-16)13-18-12-4-7-14-5-2-1-3-6-14/h1-3,5-6,8-11H,4,7,12H2/q+1. The minimum atomic E-state index is 0.740. The Kier molecular flexibility index (Phi) is 4.81. The zero-order chi connectivity index (χ0) is 12.6. The van der Waals surface area contributed by atoms with Gasteiger partial charge < -0.3 is 0 Å². The van der Waals surface area contributed by atoms with Crippen molar-refractivity contribution >= 4 is 11.6 Å². The molecule has 0 fully saturated rings. The fourth-order valence-corrected chi connectivity index (χ4v) is 1.80. The third-order valence-corrected chi connectivity index (χ3v) is 2.88. The minimum Gasteiger partial charge on any atom is -0.0843 e. The summed E-state index contributed by atoms with van der Waals surface area (Å²) in [5.41, 5.74) is 2.33.